The molecule has 1 fully saturated rings. The van der Waals surface area contributed by atoms with Crippen molar-refractivity contribution in [2.45, 2.75) is 38.3 Å². The number of nitrogens with two attached hydrogens (primary N) is 1. The molecule has 1 saturated heterocycles. The summed E-state index contributed by atoms with van der Waals surface area (Å²) in [7, 11) is 0. The molecule has 0 radical (unpaired) electrons. The highest BCUT2D eigenvalue weighted by Gasteiger charge is 2.21. The molecule has 3 nitrogen and oxygen atoms in total. The Labute approximate surface area is 108 Å². The Bertz CT molecular complexity index is 354. The molecule has 2 rings (SSSR count). The summed E-state index contributed by atoms with van der Waals surface area (Å²) < 4.78 is 0. The van der Waals surface area contributed by atoms with Gasteiger partial charge >= 0.3 is 0 Å². The molecule has 0 saturated carbocycles. The molecule has 0 spiro atoms. The van der Waals surface area contributed by atoms with Crippen LogP contribution in [0, 0.1) is 0 Å². The number of pyridine rings is 1. The maximum atomic E-state index is 5.91. The summed E-state index contributed by atoms with van der Waals surface area (Å²) in [6.07, 6.45) is 4.95. The Hall–Kier alpha value is -0.640. The predicted octanol–water partition coefficient (Wildman–Crippen LogP) is 2.44. The highest BCUT2D eigenvalue weighted by molar-refractivity contribution is 6.29. The van der Waals surface area contributed by atoms with Crippen LogP contribution in [-0.2, 0) is 6.54 Å². The summed E-state index contributed by atoms with van der Waals surface area (Å²) >= 11 is 5.91. The second-order valence-corrected chi connectivity index (χ2v) is 5.04. The number of likely N-dealkylation sites (tertiary alicyclic amines) is 1. The van der Waals surface area contributed by atoms with Gasteiger partial charge in [0, 0.05) is 12.6 Å². The molecule has 94 valence electrons. The molecule has 1 aromatic rings. The smallest absolute Gasteiger partial charge is 0.129 e. The molecular formula is C13H20ClN3. The highest BCUT2D eigenvalue weighted by atomic mass is 35.5. The minimum Gasteiger partial charge on any atom is -0.330 e. The number of rotatable bonds is 4. The van der Waals surface area contributed by atoms with Gasteiger partial charge in [-0.2, -0.15) is 0 Å². The molecule has 0 bridgehead atoms. The van der Waals surface area contributed by atoms with E-state index in [0.29, 0.717) is 11.2 Å². The van der Waals surface area contributed by atoms with Gasteiger partial charge in [-0.05, 0) is 44.5 Å². The molecule has 2 N–H and O–H groups in total. The molecule has 1 unspecified atom stereocenters. The van der Waals surface area contributed by atoms with Crippen LogP contribution in [0.25, 0.3) is 0 Å². The lowest BCUT2D eigenvalue weighted by atomic mass is 9.99. The first-order valence-corrected chi connectivity index (χ1v) is 6.73. The maximum absolute atomic E-state index is 5.91. The summed E-state index contributed by atoms with van der Waals surface area (Å²) in [6.45, 7) is 2.81. The first-order valence-electron chi connectivity index (χ1n) is 6.35. The molecule has 1 aliphatic rings. The van der Waals surface area contributed by atoms with Crippen molar-refractivity contribution in [1.82, 2.24) is 9.88 Å². The van der Waals surface area contributed by atoms with Crippen molar-refractivity contribution in [1.29, 1.82) is 0 Å². The van der Waals surface area contributed by atoms with Crippen molar-refractivity contribution in [3.63, 3.8) is 0 Å². The number of aromatic nitrogens is 1. The van der Waals surface area contributed by atoms with E-state index < -0.39 is 0 Å². The molecular weight excluding hydrogens is 234 g/mol. The van der Waals surface area contributed by atoms with E-state index in [1.54, 1.807) is 0 Å². The summed E-state index contributed by atoms with van der Waals surface area (Å²) in [5.41, 5.74) is 6.73. The van der Waals surface area contributed by atoms with Crippen molar-refractivity contribution in [3.05, 3.63) is 29.0 Å². The van der Waals surface area contributed by atoms with Crippen molar-refractivity contribution in [2.75, 3.05) is 13.1 Å². The molecule has 0 aliphatic carbocycles. The number of halogens is 1. The highest BCUT2D eigenvalue weighted by Crippen LogP contribution is 2.21. The molecule has 17 heavy (non-hydrogen) atoms. The zero-order valence-electron chi connectivity index (χ0n) is 10.1. The third-order valence-corrected chi connectivity index (χ3v) is 3.60. The van der Waals surface area contributed by atoms with Crippen LogP contribution < -0.4 is 5.73 Å². The third kappa shape index (κ3) is 3.66. The Balaban J connectivity index is 2.00. The first-order chi connectivity index (χ1) is 8.29. The van der Waals surface area contributed by atoms with Crippen LogP contribution in [-0.4, -0.2) is 29.0 Å². The molecule has 1 atom stereocenters. The van der Waals surface area contributed by atoms with E-state index in [1.807, 2.05) is 18.2 Å². The largest absolute Gasteiger partial charge is 0.330 e. The minimum absolute atomic E-state index is 0.579. The van der Waals surface area contributed by atoms with Gasteiger partial charge in [-0.15, -0.1) is 0 Å². The van der Waals surface area contributed by atoms with Crippen molar-refractivity contribution in [3.8, 4) is 0 Å². The summed E-state index contributed by atoms with van der Waals surface area (Å²) in [5, 5.41) is 0.579. The van der Waals surface area contributed by atoms with Gasteiger partial charge in [-0.25, -0.2) is 4.98 Å². The zero-order chi connectivity index (χ0) is 12.1. The van der Waals surface area contributed by atoms with Crippen LogP contribution in [0.2, 0.25) is 5.15 Å². The van der Waals surface area contributed by atoms with Gasteiger partial charge in [-0.3, -0.25) is 4.90 Å². The molecule has 0 aromatic carbocycles. The standard InChI is InChI=1S/C13H20ClN3/c14-13-6-3-4-11(16-13)10-17-9-2-1-5-12(17)7-8-15/h3-4,6,12H,1-2,5,7-10,15H2. The second kappa shape index (κ2) is 6.34. The monoisotopic (exact) mass is 253 g/mol. The van der Waals surface area contributed by atoms with E-state index in [0.717, 1.165) is 31.7 Å². The first kappa shape index (κ1) is 12.8. The quantitative estimate of drug-likeness (QED) is 0.839. The van der Waals surface area contributed by atoms with Crippen LogP contribution in [0.1, 0.15) is 31.4 Å². The molecule has 1 aliphatic heterocycles. The fraction of sp³-hybridized carbons (Fsp3) is 0.615. The predicted molar refractivity (Wildman–Crippen MR) is 71.0 cm³/mol. The van der Waals surface area contributed by atoms with E-state index in [2.05, 4.69) is 9.88 Å². The Morgan fingerprint density at radius 2 is 2.29 bits per heavy atom. The molecule has 0 amide bonds. The number of hydrogen-bond donors (Lipinski definition) is 1. The van der Waals surface area contributed by atoms with E-state index in [-0.39, 0.29) is 0 Å². The number of piperidine rings is 1. The molecule has 2 heterocycles. The SMILES string of the molecule is NCCC1CCCCN1Cc1cccc(Cl)n1. The summed E-state index contributed by atoms with van der Waals surface area (Å²) in [6, 6.07) is 6.44. The fourth-order valence-corrected chi connectivity index (χ4v) is 2.72. The van der Waals surface area contributed by atoms with Gasteiger partial charge in [0.25, 0.3) is 0 Å². The van der Waals surface area contributed by atoms with E-state index in [9.17, 15) is 0 Å². The zero-order valence-corrected chi connectivity index (χ0v) is 10.9. The average molecular weight is 254 g/mol. The number of nitrogens with zero attached hydrogens (tertiary/aromatic N) is 2. The van der Waals surface area contributed by atoms with Crippen molar-refractivity contribution in [2.24, 2.45) is 5.73 Å². The lowest BCUT2D eigenvalue weighted by molar-refractivity contribution is 0.132. The van der Waals surface area contributed by atoms with E-state index in [1.165, 1.54) is 19.3 Å². The topological polar surface area (TPSA) is 42.1 Å². The summed E-state index contributed by atoms with van der Waals surface area (Å²) in [5.74, 6) is 0. The minimum atomic E-state index is 0.579. The van der Waals surface area contributed by atoms with Crippen molar-refractivity contribution < 1.29 is 0 Å². The van der Waals surface area contributed by atoms with Gasteiger partial charge < -0.3 is 5.73 Å². The molecule has 1 aromatic heterocycles. The van der Waals surface area contributed by atoms with Gasteiger partial charge in [0.05, 0.1) is 5.69 Å². The Morgan fingerprint density at radius 3 is 3.06 bits per heavy atom. The summed E-state index contributed by atoms with van der Waals surface area (Å²) in [4.78, 5) is 6.85. The van der Waals surface area contributed by atoms with Crippen LogP contribution in [0.3, 0.4) is 0 Å². The molecule has 4 heteroatoms. The number of hydrogen-bond acceptors (Lipinski definition) is 3. The van der Waals surface area contributed by atoms with Crippen LogP contribution >= 0.6 is 11.6 Å². The maximum Gasteiger partial charge on any atom is 0.129 e. The van der Waals surface area contributed by atoms with Crippen LogP contribution in [0.4, 0.5) is 0 Å². The average Bonchev–Trinajstić information content (AvgIpc) is 2.32. The van der Waals surface area contributed by atoms with Crippen LogP contribution in [0.15, 0.2) is 18.2 Å². The van der Waals surface area contributed by atoms with Gasteiger partial charge in [0.1, 0.15) is 5.15 Å². The van der Waals surface area contributed by atoms with Crippen molar-refractivity contribution >= 4 is 11.6 Å². The lowest BCUT2D eigenvalue weighted by Gasteiger charge is -2.35. The Morgan fingerprint density at radius 1 is 1.41 bits per heavy atom. The Kier molecular flexibility index (Phi) is 4.77. The fourth-order valence-electron chi connectivity index (χ4n) is 2.53. The normalized spacial score (nSPS) is 21.6. The van der Waals surface area contributed by atoms with E-state index in [4.69, 9.17) is 17.3 Å². The van der Waals surface area contributed by atoms with Gasteiger partial charge in [0.15, 0.2) is 0 Å². The van der Waals surface area contributed by atoms with Crippen LogP contribution in [0.5, 0.6) is 0 Å². The van der Waals surface area contributed by atoms with Gasteiger partial charge in [0.2, 0.25) is 0 Å². The second-order valence-electron chi connectivity index (χ2n) is 4.65. The van der Waals surface area contributed by atoms with E-state index >= 15 is 0 Å². The van der Waals surface area contributed by atoms with Gasteiger partial charge in [-0.1, -0.05) is 24.1 Å². The lowest BCUT2D eigenvalue weighted by Crippen LogP contribution is -2.40. The third-order valence-electron chi connectivity index (χ3n) is 3.39.